The summed E-state index contributed by atoms with van der Waals surface area (Å²) in [4.78, 5) is 10.5. The van der Waals surface area contributed by atoms with E-state index in [1.54, 1.807) is 13.4 Å². The van der Waals surface area contributed by atoms with Crippen LogP contribution in [0, 0.1) is 5.92 Å². The van der Waals surface area contributed by atoms with Gasteiger partial charge in [0.25, 0.3) is 0 Å². The molecule has 1 aromatic heterocycles. The van der Waals surface area contributed by atoms with Gasteiger partial charge in [-0.05, 0) is 18.9 Å². The van der Waals surface area contributed by atoms with E-state index in [0.717, 1.165) is 19.6 Å². The summed E-state index contributed by atoms with van der Waals surface area (Å²) in [6.45, 7) is 5.33. The summed E-state index contributed by atoms with van der Waals surface area (Å²) >= 11 is 0. The van der Waals surface area contributed by atoms with Gasteiger partial charge in [0.15, 0.2) is 0 Å². The Bertz CT molecular complexity index is 317. The van der Waals surface area contributed by atoms with Gasteiger partial charge in [-0.25, -0.2) is 9.97 Å². The highest BCUT2D eigenvalue weighted by Crippen LogP contribution is 2.20. The summed E-state index contributed by atoms with van der Waals surface area (Å²) in [6.07, 6.45) is 6.89. The van der Waals surface area contributed by atoms with Crippen LogP contribution in [0.3, 0.4) is 0 Å². The topological polar surface area (TPSA) is 38.2 Å². The van der Waals surface area contributed by atoms with E-state index in [1.165, 1.54) is 12.0 Å². The molecule has 0 amide bonds. The fraction of sp³-hybridized carbons (Fsp3) is 0.667. The molecule has 0 bridgehead atoms. The van der Waals surface area contributed by atoms with Crippen LogP contribution in [-0.2, 0) is 11.3 Å². The van der Waals surface area contributed by atoms with Crippen LogP contribution in [0.4, 0.5) is 0 Å². The smallest absolute Gasteiger partial charge is 0.115 e. The Morgan fingerprint density at radius 2 is 2.19 bits per heavy atom. The van der Waals surface area contributed by atoms with E-state index in [9.17, 15) is 0 Å². The van der Waals surface area contributed by atoms with Crippen molar-refractivity contribution < 1.29 is 4.74 Å². The van der Waals surface area contributed by atoms with Crippen molar-refractivity contribution in [1.29, 1.82) is 0 Å². The molecule has 2 rings (SSSR count). The quantitative estimate of drug-likeness (QED) is 0.772. The molecule has 88 valence electrons. The van der Waals surface area contributed by atoms with Crippen LogP contribution in [0.5, 0.6) is 0 Å². The van der Waals surface area contributed by atoms with Gasteiger partial charge in [0.05, 0.1) is 6.10 Å². The van der Waals surface area contributed by atoms with Gasteiger partial charge >= 0.3 is 0 Å². The van der Waals surface area contributed by atoms with Gasteiger partial charge in [-0.15, -0.1) is 0 Å². The third-order valence-electron chi connectivity index (χ3n) is 3.30. The highest BCUT2D eigenvalue weighted by molar-refractivity contribution is 5.02. The van der Waals surface area contributed by atoms with Crippen molar-refractivity contribution in [2.45, 2.75) is 26.0 Å². The highest BCUT2D eigenvalue weighted by Gasteiger charge is 2.25. The summed E-state index contributed by atoms with van der Waals surface area (Å²) in [7, 11) is 1.80. The Morgan fingerprint density at radius 1 is 1.44 bits per heavy atom. The first kappa shape index (κ1) is 11.5. The number of methoxy groups -OCH3 is 1. The third kappa shape index (κ3) is 2.77. The molecule has 4 nitrogen and oxygen atoms in total. The van der Waals surface area contributed by atoms with E-state index in [4.69, 9.17) is 4.74 Å². The van der Waals surface area contributed by atoms with Gasteiger partial charge in [-0.3, -0.25) is 4.90 Å². The summed E-state index contributed by atoms with van der Waals surface area (Å²) in [6, 6.07) is 0. The maximum Gasteiger partial charge on any atom is 0.115 e. The van der Waals surface area contributed by atoms with Gasteiger partial charge in [0, 0.05) is 38.2 Å². The van der Waals surface area contributed by atoms with E-state index in [1.807, 2.05) is 12.4 Å². The Hall–Kier alpha value is -1.00. The fourth-order valence-corrected chi connectivity index (χ4v) is 2.22. The molecule has 1 aromatic rings. The van der Waals surface area contributed by atoms with Crippen molar-refractivity contribution >= 4 is 0 Å². The number of likely N-dealkylation sites (tertiary alicyclic amines) is 1. The Balaban J connectivity index is 1.92. The predicted octanol–water partition coefficient (Wildman–Crippen LogP) is 1.33. The molecule has 1 fully saturated rings. The zero-order valence-electron chi connectivity index (χ0n) is 9.97. The fourth-order valence-electron chi connectivity index (χ4n) is 2.22. The average Bonchev–Trinajstić information content (AvgIpc) is 2.33. The Labute approximate surface area is 96.7 Å². The van der Waals surface area contributed by atoms with Crippen LogP contribution in [0.2, 0.25) is 0 Å². The monoisotopic (exact) mass is 221 g/mol. The summed E-state index contributed by atoms with van der Waals surface area (Å²) in [5.41, 5.74) is 1.17. The molecule has 0 saturated carbocycles. The number of hydrogen-bond donors (Lipinski definition) is 0. The number of nitrogens with zero attached hydrogens (tertiary/aromatic N) is 3. The van der Waals surface area contributed by atoms with Gasteiger partial charge in [-0.1, -0.05) is 6.92 Å². The molecule has 1 aliphatic heterocycles. The molecule has 0 N–H and O–H groups in total. The van der Waals surface area contributed by atoms with E-state index in [0.29, 0.717) is 12.0 Å². The lowest BCUT2D eigenvalue weighted by atomic mass is 9.95. The molecule has 0 unspecified atom stereocenters. The summed E-state index contributed by atoms with van der Waals surface area (Å²) < 4.78 is 5.50. The predicted molar refractivity (Wildman–Crippen MR) is 61.9 cm³/mol. The van der Waals surface area contributed by atoms with Gasteiger partial charge in [-0.2, -0.15) is 0 Å². The van der Waals surface area contributed by atoms with Crippen molar-refractivity contribution in [2.24, 2.45) is 5.92 Å². The number of aromatic nitrogens is 2. The zero-order chi connectivity index (χ0) is 11.4. The first-order valence-corrected chi connectivity index (χ1v) is 5.78. The Morgan fingerprint density at radius 3 is 2.88 bits per heavy atom. The molecule has 2 atom stereocenters. The van der Waals surface area contributed by atoms with Crippen molar-refractivity contribution in [3.05, 3.63) is 24.3 Å². The number of hydrogen-bond acceptors (Lipinski definition) is 4. The molecule has 1 saturated heterocycles. The molecule has 0 radical (unpaired) electrons. The second-order valence-corrected chi connectivity index (χ2v) is 4.52. The second kappa shape index (κ2) is 5.37. The van der Waals surface area contributed by atoms with E-state index in [-0.39, 0.29) is 0 Å². The maximum atomic E-state index is 5.50. The molecule has 1 aliphatic rings. The molecule has 0 aliphatic carbocycles. The van der Waals surface area contributed by atoms with Crippen LogP contribution >= 0.6 is 0 Å². The summed E-state index contributed by atoms with van der Waals surface area (Å²) in [5, 5.41) is 0. The standard InChI is InChI=1S/C12H19N3O/c1-10-3-4-15(8-12(10)16-2)7-11-5-13-9-14-6-11/h5-6,9-10,12H,3-4,7-8H2,1-2H3/t10-,12+/m1/s1. The largest absolute Gasteiger partial charge is 0.380 e. The minimum absolute atomic E-state index is 0.360. The molecule has 16 heavy (non-hydrogen) atoms. The lowest BCUT2D eigenvalue weighted by molar-refractivity contribution is -0.00750. The first-order chi connectivity index (χ1) is 7.79. The van der Waals surface area contributed by atoms with E-state index in [2.05, 4.69) is 21.8 Å². The highest BCUT2D eigenvalue weighted by atomic mass is 16.5. The number of ether oxygens (including phenoxy) is 1. The number of piperidine rings is 1. The van der Waals surface area contributed by atoms with Crippen LogP contribution < -0.4 is 0 Å². The lowest BCUT2D eigenvalue weighted by Gasteiger charge is -2.36. The number of rotatable bonds is 3. The molecule has 0 aromatic carbocycles. The normalized spacial score (nSPS) is 26.9. The van der Waals surface area contributed by atoms with Crippen molar-refractivity contribution in [3.63, 3.8) is 0 Å². The maximum absolute atomic E-state index is 5.50. The molecule has 4 heteroatoms. The second-order valence-electron chi connectivity index (χ2n) is 4.52. The molecule has 0 spiro atoms. The average molecular weight is 221 g/mol. The van der Waals surface area contributed by atoms with Crippen molar-refractivity contribution in [1.82, 2.24) is 14.9 Å². The minimum Gasteiger partial charge on any atom is -0.380 e. The lowest BCUT2D eigenvalue weighted by Crippen LogP contribution is -2.43. The van der Waals surface area contributed by atoms with Crippen LogP contribution in [0.1, 0.15) is 18.9 Å². The summed E-state index contributed by atoms with van der Waals surface area (Å²) in [5.74, 6) is 0.660. The minimum atomic E-state index is 0.360. The molecule has 2 heterocycles. The van der Waals surface area contributed by atoms with E-state index < -0.39 is 0 Å². The van der Waals surface area contributed by atoms with Crippen molar-refractivity contribution in [2.75, 3.05) is 20.2 Å². The SMILES string of the molecule is CO[C@H]1CN(Cc2cncnc2)CC[C@H]1C. The van der Waals surface area contributed by atoms with Crippen LogP contribution in [0.15, 0.2) is 18.7 Å². The molecular weight excluding hydrogens is 202 g/mol. The molecular formula is C12H19N3O. The Kier molecular flexibility index (Phi) is 3.85. The first-order valence-electron chi connectivity index (χ1n) is 5.78. The van der Waals surface area contributed by atoms with E-state index >= 15 is 0 Å². The zero-order valence-corrected chi connectivity index (χ0v) is 9.97. The van der Waals surface area contributed by atoms with Crippen LogP contribution in [-0.4, -0.2) is 41.2 Å². The van der Waals surface area contributed by atoms with Gasteiger partial charge in [0.1, 0.15) is 6.33 Å². The third-order valence-corrected chi connectivity index (χ3v) is 3.30. The van der Waals surface area contributed by atoms with Gasteiger partial charge in [0.2, 0.25) is 0 Å². The van der Waals surface area contributed by atoms with Crippen molar-refractivity contribution in [3.8, 4) is 0 Å². The van der Waals surface area contributed by atoms with Gasteiger partial charge < -0.3 is 4.74 Å². The van der Waals surface area contributed by atoms with Crippen LogP contribution in [0.25, 0.3) is 0 Å².